The van der Waals surface area contributed by atoms with Gasteiger partial charge in [-0.05, 0) is 18.6 Å². The molecule has 31 heavy (non-hydrogen) atoms. The monoisotopic (exact) mass is 441 g/mol. The summed E-state index contributed by atoms with van der Waals surface area (Å²) in [4.78, 5) is 20.1. The number of β-amino-alcohol motifs (C(OH)–C–C–N with tert-alkyl or cyclic N) is 1. The Labute approximate surface area is 178 Å². The number of carbonyl (C=O) groups excluding carboxylic acids is 1. The number of esters is 1. The molecule has 0 aromatic carbocycles. The second-order valence-electron chi connectivity index (χ2n) is 8.41. The molecule has 1 aromatic rings. The number of hydrogen-bond donors (Lipinski definition) is 2. The smallest absolute Gasteiger partial charge is 0.417 e. The third kappa shape index (κ3) is 4.09. The number of aliphatic hydroxyl groups excluding tert-OH is 2. The number of piperidine rings is 1. The lowest BCUT2D eigenvalue weighted by molar-refractivity contribution is -0.152. The first-order valence-electron chi connectivity index (χ1n) is 10.4. The van der Waals surface area contributed by atoms with Crippen LogP contribution in [0.3, 0.4) is 0 Å². The van der Waals surface area contributed by atoms with E-state index >= 15 is 0 Å². The molecule has 0 radical (unpaired) electrons. The van der Waals surface area contributed by atoms with Crippen molar-refractivity contribution in [2.24, 2.45) is 0 Å². The molecule has 3 aliphatic rings. The first-order chi connectivity index (χ1) is 14.6. The lowest BCUT2D eigenvalue weighted by Gasteiger charge is -2.43. The fourth-order valence-corrected chi connectivity index (χ4v) is 4.83. The van der Waals surface area contributed by atoms with E-state index in [0.29, 0.717) is 67.8 Å². The number of halogens is 3. The van der Waals surface area contributed by atoms with Gasteiger partial charge < -0.3 is 19.8 Å². The van der Waals surface area contributed by atoms with Crippen LogP contribution in [0.15, 0.2) is 23.4 Å². The maximum absolute atomic E-state index is 13.1. The van der Waals surface area contributed by atoms with Crippen molar-refractivity contribution in [1.29, 1.82) is 0 Å². The fourth-order valence-electron chi connectivity index (χ4n) is 4.83. The molecule has 4 rings (SSSR count). The van der Waals surface area contributed by atoms with Crippen molar-refractivity contribution in [2.45, 2.75) is 50.7 Å². The van der Waals surface area contributed by atoms with Gasteiger partial charge in [-0.3, -0.25) is 9.88 Å². The van der Waals surface area contributed by atoms with E-state index in [4.69, 9.17) is 9.84 Å². The second-order valence-corrected chi connectivity index (χ2v) is 8.41. The lowest BCUT2D eigenvalue weighted by Crippen LogP contribution is -2.51. The van der Waals surface area contributed by atoms with Crippen LogP contribution in [-0.4, -0.2) is 75.6 Å². The highest BCUT2D eigenvalue weighted by molar-refractivity contribution is 5.92. The molecule has 1 saturated heterocycles. The minimum absolute atomic E-state index is 0.0400. The van der Waals surface area contributed by atoms with Crippen LogP contribution in [0.1, 0.15) is 36.6 Å². The standard InChI is InChI=1S/C21H26F3N3O4/c1-13-17(20(31-19(13)30)3-6-26(7-4-20)8-9-28)18(29)27-5-2-16-14(12-27)10-15(11-25-16)21(22,23)24/h10-11,18,28-29H,2-9,12H2,1H3. The SMILES string of the molecule is CC1=C(C(O)N2CCc3ncc(C(F)(F)F)cc3C2)C2(CCN(CCO)CC2)OC1=O. The average molecular weight is 441 g/mol. The van der Waals surface area contributed by atoms with E-state index < -0.39 is 29.5 Å². The number of nitrogens with zero attached hydrogens (tertiary/aromatic N) is 3. The zero-order valence-electron chi connectivity index (χ0n) is 17.3. The fraction of sp³-hybridized carbons (Fsp3) is 0.619. The number of alkyl halides is 3. The molecule has 3 aliphatic heterocycles. The lowest BCUT2D eigenvalue weighted by atomic mass is 9.81. The van der Waals surface area contributed by atoms with Crippen LogP contribution in [0.4, 0.5) is 13.2 Å². The summed E-state index contributed by atoms with van der Waals surface area (Å²) < 4.78 is 45.0. The molecule has 2 N–H and O–H groups in total. The van der Waals surface area contributed by atoms with E-state index in [9.17, 15) is 23.1 Å². The molecule has 1 fully saturated rings. The maximum atomic E-state index is 13.1. The van der Waals surface area contributed by atoms with Gasteiger partial charge in [0.2, 0.25) is 0 Å². The van der Waals surface area contributed by atoms with Gasteiger partial charge in [-0.1, -0.05) is 0 Å². The summed E-state index contributed by atoms with van der Waals surface area (Å²) in [5.41, 5.74) is 0.146. The summed E-state index contributed by atoms with van der Waals surface area (Å²) in [6.07, 6.45) is -3.39. The third-order valence-electron chi connectivity index (χ3n) is 6.57. The molecule has 0 amide bonds. The van der Waals surface area contributed by atoms with Crippen molar-refractivity contribution in [1.82, 2.24) is 14.8 Å². The highest BCUT2D eigenvalue weighted by Gasteiger charge is 2.51. The Balaban J connectivity index is 1.57. The van der Waals surface area contributed by atoms with Gasteiger partial charge in [0.1, 0.15) is 11.8 Å². The van der Waals surface area contributed by atoms with E-state index in [2.05, 4.69) is 9.88 Å². The minimum atomic E-state index is -4.49. The van der Waals surface area contributed by atoms with Crippen molar-refractivity contribution >= 4 is 5.97 Å². The molecule has 10 heteroatoms. The van der Waals surface area contributed by atoms with Gasteiger partial charge in [-0.15, -0.1) is 0 Å². The van der Waals surface area contributed by atoms with Crippen molar-refractivity contribution in [2.75, 3.05) is 32.8 Å². The molecule has 1 spiro atoms. The van der Waals surface area contributed by atoms with Gasteiger partial charge in [-0.2, -0.15) is 13.2 Å². The number of hydrogen-bond acceptors (Lipinski definition) is 7. The molecule has 0 aliphatic carbocycles. The summed E-state index contributed by atoms with van der Waals surface area (Å²) >= 11 is 0. The number of pyridine rings is 1. The summed E-state index contributed by atoms with van der Waals surface area (Å²) in [6, 6.07) is 1.09. The number of aromatic nitrogens is 1. The topological polar surface area (TPSA) is 86.1 Å². The summed E-state index contributed by atoms with van der Waals surface area (Å²) in [7, 11) is 0. The number of rotatable bonds is 4. The molecule has 1 aromatic heterocycles. The van der Waals surface area contributed by atoms with Crippen molar-refractivity contribution in [3.05, 3.63) is 40.2 Å². The minimum Gasteiger partial charge on any atom is -0.451 e. The Morgan fingerprint density at radius 3 is 2.65 bits per heavy atom. The van der Waals surface area contributed by atoms with Gasteiger partial charge in [-0.25, -0.2) is 4.79 Å². The number of fused-ring (bicyclic) bond motifs is 1. The molecule has 7 nitrogen and oxygen atoms in total. The van der Waals surface area contributed by atoms with Crippen LogP contribution in [0.5, 0.6) is 0 Å². The highest BCUT2D eigenvalue weighted by atomic mass is 19.4. The van der Waals surface area contributed by atoms with E-state index in [1.807, 2.05) is 0 Å². The molecule has 0 bridgehead atoms. The molecular formula is C21H26F3N3O4. The zero-order chi connectivity index (χ0) is 22.4. The van der Waals surface area contributed by atoms with Crippen LogP contribution >= 0.6 is 0 Å². The number of aliphatic hydroxyl groups is 2. The molecule has 170 valence electrons. The number of likely N-dealkylation sites (tertiary alicyclic amines) is 1. The van der Waals surface area contributed by atoms with Crippen LogP contribution < -0.4 is 0 Å². The van der Waals surface area contributed by atoms with Gasteiger partial charge >= 0.3 is 12.1 Å². The Bertz CT molecular complexity index is 894. The highest BCUT2D eigenvalue weighted by Crippen LogP contribution is 2.43. The summed E-state index contributed by atoms with van der Waals surface area (Å²) in [5.74, 6) is -0.469. The van der Waals surface area contributed by atoms with Crippen LogP contribution in [0, 0.1) is 0 Å². The van der Waals surface area contributed by atoms with E-state index in [1.54, 1.807) is 11.8 Å². The zero-order valence-corrected chi connectivity index (χ0v) is 17.3. The normalized spacial score (nSPS) is 23.2. The van der Waals surface area contributed by atoms with Crippen LogP contribution in [0.25, 0.3) is 0 Å². The predicted molar refractivity (Wildman–Crippen MR) is 104 cm³/mol. The predicted octanol–water partition coefficient (Wildman–Crippen LogP) is 1.48. The average Bonchev–Trinajstić information content (AvgIpc) is 2.97. The Morgan fingerprint density at radius 2 is 2.00 bits per heavy atom. The van der Waals surface area contributed by atoms with Gasteiger partial charge in [0.25, 0.3) is 0 Å². The Morgan fingerprint density at radius 1 is 1.29 bits per heavy atom. The first-order valence-corrected chi connectivity index (χ1v) is 10.4. The van der Waals surface area contributed by atoms with E-state index in [1.165, 1.54) is 0 Å². The van der Waals surface area contributed by atoms with Crippen molar-refractivity contribution < 1.29 is 32.9 Å². The van der Waals surface area contributed by atoms with Gasteiger partial charge in [0.05, 0.1) is 12.2 Å². The summed E-state index contributed by atoms with van der Waals surface area (Å²) in [5, 5.41) is 20.4. The molecule has 0 saturated carbocycles. The van der Waals surface area contributed by atoms with Gasteiger partial charge in [0, 0.05) is 75.0 Å². The number of ether oxygens (including phenoxy) is 1. The molecule has 4 heterocycles. The Kier molecular flexibility index (Phi) is 5.84. The number of carbonyl (C=O) groups is 1. The van der Waals surface area contributed by atoms with Crippen LogP contribution in [-0.2, 0) is 28.7 Å². The molecular weight excluding hydrogens is 415 g/mol. The Hall–Kier alpha value is -2.01. The van der Waals surface area contributed by atoms with Crippen molar-refractivity contribution in [3.63, 3.8) is 0 Å². The molecule has 1 unspecified atom stereocenters. The second kappa shape index (κ2) is 8.16. The quantitative estimate of drug-likeness (QED) is 0.685. The third-order valence-corrected chi connectivity index (χ3v) is 6.57. The summed E-state index contributed by atoms with van der Waals surface area (Å²) in [6.45, 7) is 3.92. The van der Waals surface area contributed by atoms with Gasteiger partial charge in [0.15, 0.2) is 0 Å². The van der Waals surface area contributed by atoms with Crippen LogP contribution in [0.2, 0.25) is 0 Å². The van der Waals surface area contributed by atoms with E-state index in [0.717, 1.165) is 12.3 Å². The maximum Gasteiger partial charge on any atom is 0.417 e. The van der Waals surface area contributed by atoms with E-state index in [-0.39, 0.29) is 13.2 Å². The first kappa shape index (κ1) is 22.2. The molecule has 1 atom stereocenters. The largest absolute Gasteiger partial charge is 0.451 e. The van der Waals surface area contributed by atoms with Crippen molar-refractivity contribution in [3.8, 4) is 0 Å².